The van der Waals surface area contributed by atoms with E-state index in [2.05, 4.69) is 10.7 Å². The van der Waals surface area contributed by atoms with Crippen LogP contribution in [0.3, 0.4) is 0 Å². The Kier molecular flexibility index (Phi) is 8.34. The van der Waals surface area contributed by atoms with E-state index in [0.29, 0.717) is 28.3 Å². The number of anilines is 1. The van der Waals surface area contributed by atoms with Crippen molar-refractivity contribution in [3.63, 3.8) is 0 Å². The molecule has 0 heterocycles. The molecule has 2 rings (SSSR count). The zero-order chi connectivity index (χ0) is 25.6. The summed E-state index contributed by atoms with van der Waals surface area (Å²) >= 11 is 0. The number of nitrogens with zero attached hydrogens (tertiary/aromatic N) is 1. The summed E-state index contributed by atoms with van der Waals surface area (Å²) in [6.45, 7) is 7.04. The molecule has 10 nitrogen and oxygen atoms in total. The van der Waals surface area contributed by atoms with Crippen molar-refractivity contribution in [2.24, 2.45) is 5.73 Å². The van der Waals surface area contributed by atoms with Crippen LogP contribution in [0.5, 0.6) is 11.5 Å². The SMILES string of the molecule is COc1cc(C)c(C(Nc2ccc(C(=N)N)cc2)C(=O)N(C)NC(=O)OC(C)(C)C)cc1OC. The first-order valence-corrected chi connectivity index (χ1v) is 10.6. The summed E-state index contributed by atoms with van der Waals surface area (Å²) in [6.07, 6.45) is -0.753. The summed E-state index contributed by atoms with van der Waals surface area (Å²) in [4.78, 5) is 25.7. The Morgan fingerprint density at radius 1 is 1.06 bits per heavy atom. The quantitative estimate of drug-likeness (QED) is 0.276. The number of hydrazine groups is 1. The van der Waals surface area contributed by atoms with Crippen molar-refractivity contribution in [3.05, 3.63) is 53.1 Å². The molecule has 0 bridgehead atoms. The molecular formula is C24H33N5O5. The molecule has 0 radical (unpaired) electrons. The lowest BCUT2D eigenvalue weighted by atomic mass is 9.98. The van der Waals surface area contributed by atoms with Gasteiger partial charge < -0.3 is 25.3 Å². The molecule has 2 aromatic carbocycles. The lowest BCUT2D eigenvalue weighted by Gasteiger charge is -2.28. The highest BCUT2D eigenvalue weighted by atomic mass is 16.6. The summed E-state index contributed by atoms with van der Waals surface area (Å²) in [5.41, 5.74) is 9.83. The first-order chi connectivity index (χ1) is 15.9. The van der Waals surface area contributed by atoms with Gasteiger partial charge in [-0.25, -0.2) is 10.2 Å². The average Bonchev–Trinajstić information content (AvgIpc) is 2.75. The second kappa shape index (κ2) is 10.8. The van der Waals surface area contributed by atoms with E-state index in [9.17, 15) is 9.59 Å². The van der Waals surface area contributed by atoms with Gasteiger partial charge in [0.1, 0.15) is 17.5 Å². The second-order valence-corrected chi connectivity index (χ2v) is 8.64. The van der Waals surface area contributed by atoms with Crippen LogP contribution in [-0.4, -0.2) is 49.7 Å². The maximum absolute atomic E-state index is 13.5. The molecule has 0 saturated carbocycles. The van der Waals surface area contributed by atoms with Crippen LogP contribution in [0.2, 0.25) is 0 Å². The number of aryl methyl sites for hydroxylation is 1. The van der Waals surface area contributed by atoms with E-state index in [1.165, 1.54) is 21.3 Å². The number of ether oxygens (including phenoxy) is 3. The van der Waals surface area contributed by atoms with Gasteiger partial charge in [0.25, 0.3) is 5.91 Å². The molecule has 2 aromatic rings. The van der Waals surface area contributed by atoms with Gasteiger partial charge in [-0.15, -0.1) is 0 Å². The topological polar surface area (TPSA) is 139 Å². The van der Waals surface area contributed by atoms with Gasteiger partial charge in [-0.2, -0.15) is 0 Å². The van der Waals surface area contributed by atoms with Crippen LogP contribution >= 0.6 is 0 Å². The molecule has 1 unspecified atom stereocenters. The van der Waals surface area contributed by atoms with Crippen molar-refractivity contribution in [2.45, 2.75) is 39.3 Å². The number of amidine groups is 1. The maximum atomic E-state index is 13.5. The number of rotatable bonds is 7. The molecule has 1 atom stereocenters. The van der Waals surface area contributed by atoms with Gasteiger partial charge in [0, 0.05) is 18.3 Å². The molecule has 184 valence electrons. The number of carbonyl (C=O) groups excluding carboxylic acids is 2. The van der Waals surface area contributed by atoms with Gasteiger partial charge in [0.05, 0.1) is 14.2 Å². The maximum Gasteiger partial charge on any atom is 0.426 e. The van der Waals surface area contributed by atoms with Crippen molar-refractivity contribution in [1.82, 2.24) is 10.4 Å². The number of nitrogens with two attached hydrogens (primary N) is 1. The van der Waals surface area contributed by atoms with Crippen LogP contribution in [-0.2, 0) is 9.53 Å². The van der Waals surface area contributed by atoms with Crippen LogP contribution in [0.4, 0.5) is 10.5 Å². The number of hydrogen-bond acceptors (Lipinski definition) is 7. The Morgan fingerprint density at radius 3 is 2.12 bits per heavy atom. The summed E-state index contributed by atoms with van der Waals surface area (Å²) < 4.78 is 16.1. The molecule has 0 aliphatic heterocycles. The third-order valence-electron chi connectivity index (χ3n) is 4.83. The lowest BCUT2D eigenvalue weighted by Crippen LogP contribution is -2.48. The minimum absolute atomic E-state index is 0.0591. The van der Waals surface area contributed by atoms with Crippen molar-refractivity contribution >= 4 is 23.5 Å². The third-order valence-corrected chi connectivity index (χ3v) is 4.83. The molecule has 0 fully saturated rings. The summed E-state index contributed by atoms with van der Waals surface area (Å²) in [6, 6.07) is 9.38. The fourth-order valence-electron chi connectivity index (χ4n) is 3.18. The van der Waals surface area contributed by atoms with E-state index in [4.69, 9.17) is 25.4 Å². The number of methoxy groups -OCH3 is 2. The molecule has 0 saturated heterocycles. The molecule has 0 aromatic heterocycles. The minimum Gasteiger partial charge on any atom is -0.493 e. The van der Waals surface area contributed by atoms with Crippen molar-refractivity contribution in [3.8, 4) is 11.5 Å². The Hall–Kier alpha value is -3.95. The predicted octanol–water partition coefficient (Wildman–Crippen LogP) is 3.35. The third kappa shape index (κ3) is 6.77. The van der Waals surface area contributed by atoms with E-state index in [0.717, 1.165) is 10.6 Å². The number of amides is 2. The van der Waals surface area contributed by atoms with E-state index in [1.807, 2.05) is 6.92 Å². The molecule has 0 aliphatic carbocycles. The van der Waals surface area contributed by atoms with E-state index < -0.39 is 23.6 Å². The highest BCUT2D eigenvalue weighted by Crippen LogP contribution is 2.34. The molecule has 10 heteroatoms. The Balaban J connectivity index is 2.44. The fraction of sp³-hybridized carbons (Fsp3) is 0.375. The Morgan fingerprint density at radius 2 is 1.62 bits per heavy atom. The Bertz CT molecular complexity index is 1050. The normalized spacial score (nSPS) is 11.7. The molecular weight excluding hydrogens is 438 g/mol. The number of likely N-dealkylation sites (N-methyl/N-ethyl adjacent to an activating group) is 1. The summed E-state index contributed by atoms with van der Waals surface area (Å²) in [5.74, 6) is 0.478. The molecule has 5 N–H and O–H groups in total. The van der Waals surface area contributed by atoms with Gasteiger partial charge in [-0.3, -0.25) is 15.2 Å². The average molecular weight is 472 g/mol. The fourth-order valence-corrected chi connectivity index (χ4v) is 3.18. The zero-order valence-electron chi connectivity index (χ0n) is 20.6. The zero-order valence-corrected chi connectivity index (χ0v) is 20.6. The van der Waals surface area contributed by atoms with Crippen molar-refractivity contribution in [1.29, 1.82) is 5.41 Å². The number of nitrogen functional groups attached to an aromatic ring is 1. The van der Waals surface area contributed by atoms with E-state index >= 15 is 0 Å². The molecule has 0 spiro atoms. The van der Waals surface area contributed by atoms with Crippen molar-refractivity contribution < 1.29 is 23.8 Å². The van der Waals surface area contributed by atoms with Crippen LogP contribution in [0.1, 0.15) is 43.5 Å². The number of benzene rings is 2. The van der Waals surface area contributed by atoms with E-state index in [-0.39, 0.29) is 5.84 Å². The number of carbonyl (C=O) groups is 2. The second-order valence-electron chi connectivity index (χ2n) is 8.64. The highest BCUT2D eigenvalue weighted by molar-refractivity contribution is 5.95. The molecule has 34 heavy (non-hydrogen) atoms. The number of nitrogens with one attached hydrogen (secondary N) is 3. The van der Waals surface area contributed by atoms with Crippen LogP contribution in [0.15, 0.2) is 36.4 Å². The lowest BCUT2D eigenvalue weighted by molar-refractivity contribution is -0.133. The van der Waals surface area contributed by atoms with Gasteiger partial charge in [0.2, 0.25) is 0 Å². The van der Waals surface area contributed by atoms with Gasteiger partial charge in [-0.05, 0) is 75.2 Å². The number of hydrogen-bond donors (Lipinski definition) is 4. The van der Waals surface area contributed by atoms with Gasteiger partial charge in [0.15, 0.2) is 11.5 Å². The van der Waals surface area contributed by atoms with Crippen LogP contribution in [0, 0.1) is 12.3 Å². The summed E-state index contributed by atoms with van der Waals surface area (Å²) in [7, 11) is 4.49. The van der Waals surface area contributed by atoms with Gasteiger partial charge >= 0.3 is 6.09 Å². The van der Waals surface area contributed by atoms with Crippen LogP contribution < -0.4 is 25.9 Å². The summed E-state index contributed by atoms with van der Waals surface area (Å²) in [5, 5.41) is 11.8. The minimum atomic E-state index is -0.900. The standard InChI is InChI=1S/C24H33N5O5/c1-14-12-18(32-6)19(33-7)13-17(14)20(27-16-10-8-15(9-11-16)21(25)26)22(30)29(5)28-23(31)34-24(2,3)4/h8-13,20,27H,1-7H3,(H3,25,26)(H,28,31). The van der Waals surface area contributed by atoms with E-state index in [1.54, 1.807) is 57.2 Å². The first-order valence-electron chi connectivity index (χ1n) is 10.6. The largest absolute Gasteiger partial charge is 0.493 e. The molecule has 0 aliphatic rings. The Labute approximate surface area is 199 Å². The van der Waals surface area contributed by atoms with Crippen molar-refractivity contribution in [2.75, 3.05) is 26.6 Å². The van der Waals surface area contributed by atoms with Crippen LogP contribution in [0.25, 0.3) is 0 Å². The highest BCUT2D eigenvalue weighted by Gasteiger charge is 2.29. The predicted molar refractivity (Wildman–Crippen MR) is 130 cm³/mol. The first kappa shape index (κ1) is 26.3. The van der Waals surface area contributed by atoms with Gasteiger partial charge in [-0.1, -0.05) is 0 Å². The monoisotopic (exact) mass is 471 g/mol. The molecule has 2 amide bonds. The smallest absolute Gasteiger partial charge is 0.426 e.